The van der Waals surface area contributed by atoms with E-state index in [0.29, 0.717) is 11.9 Å². The maximum atomic E-state index is 6.03. The van der Waals surface area contributed by atoms with Crippen molar-refractivity contribution < 1.29 is 4.52 Å². The smallest absolute Gasteiger partial charge is 0.213 e. The lowest BCUT2D eigenvalue weighted by atomic mass is 10.2. The molecule has 1 unspecified atom stereocenters. The first kappa shape index (κ1) is 8.60. The molecule has 1 fully saturated rings. The fraction of sp³-hybridized carbons (Fsp3) is 0.444. The van der Waals surface area contributed by atoms with Gasteiger partial charge in [-0.2, -0.15) is 4.98 Å². The molecule has 2 N–H and O–H groups in total. The third-order valence-electron chi connectivity index (χ3n) is 2.61. The summed E-state index contributed by atoms with van der Waals surface area (Å²) in [4.78, 5) is 8.06. The van der Waals surface area contributed by atoms with Gasteiger partial charge in [0.25, 0.3) is 0 Å². The van der Waals surface area contributed by atoms with Gasteiger partial charge in [0.1, 0.15) is 6.04 Å². The Labute approximate surface area is 86.1 Å². The predicted molar refractivity (Wildman–Crippen MR) is 50.8 cm³/mol. The highest BCUT2D eigenvalue weighted by molar-refractivity contribution is 5.15. The highest BCUT2D eigenvalue weighted by atomic mass is 16.5. The van der Waals surface area contributed by atoms with Gasteiger partial charge in [0.2, 0.25) is 6.39 Å². The molecule has 0 amide bonds. The van der Waals surface area contributed by atoms with Crippen LogP contribution in [0.5, 0.6) is 0 Å². The molecule has 0 spiro atoms. The normalized spacial score (nSPS) is 17.9. The minimum absolute atomic E-state index is 0.355. The number of nitrogens with zero attached hydrogens (tertiary/aromatic N) is 4. The van der Waals surface area contributed by atoms with Gasteiger partial charge in [-0.25, -0.2) is 4.98 Å². The molecule has 2 heterocycles. The maximum absolute atomic E-state index is 6.03. The zero-order valence-electron chi connectivity index (χ0n) is 8.08. The fourth-order valence-electron chi connectivity index (χ4n) is 1.66. The van der Waals surface area contributed by atoms with Crippen molar-refractivity contribution >= 4 is 0 Å². The van der Waals surface area contributed by atoms with E-state index < -0.39 is 0 Å². The summed E-state index contributed by atoms with van der Waals surface area (Å²) in [6, 6.07) is 0.201. The van der Waals surface area contributed by atoms with Crippen molar-refractivity contribution in [3.05, 3.63) is 30.4 Å². The van der Waals surface area contributed by atoms with Gasteiger partial charge in [-0.1, -0.05) is 5.16 Å². The van der Waals surface area contributed by atoms with Crippen LogP contribution in [0.2, 0.25) is 0 Å². The Bertz CT molecular complexity index is 445. The highest BCUT2D eigenvalue weighted by Gasteiger charge is 2.28. The minimum Gasteiger partial charge on any atom is -0.343 e. The summed E-state index contributed by atoms with van der Waals surface area (Å²) in [5.41, 5.74) is 6.97. The molecule has 78 valence electrons. The second-order valence-electron chi connectivity index (χ2n) is 3.72. The van der Waals surface area contributed by atoms with E-state index in [1.807, 2.05) is 6.33 Å². The van der Waals surface area contributed by atoms with Gasteiger partial charge in [-0.3, -0.25) is 0 Å². The van der Waals surface area contributed by atoms with Gasteiger partial charge in [0.05, 0.1) is 18.2 Å². The summed E-state index contributed by atoms with van der Waals surface area (Å²) < 4.78 is 6.78. The van der Waals surface area contributed by atoms with Gasteiger partial charge in [-0.15, -0.1) is 0 Å². The molecule has 0 saturated heterocycles. The second-order valence-corrected chi connectivity index (χ2v) is 3.72. The molecule has 2 aromatic rings. The molecule has 1 atom stereocenters. The van der Waals surface area contributed by atoms with E-state index in [1.165, 1.54) is 19.2 Å². The number of aromatic nitrogens is 4. The Morgan fingerprint density at radius 1 is 1.53 bits per heavy atom. The topological polar surface area (TPSA) is 82.8 Å². The summed E-state index contributed by atoms with van der Waals surface area (Å²) >= 11 is 0. The SMILES string of the molecule is NC(c1ncon1)c1cncn1C1CC1. The van der Waals surface area contributed by atoms with E-state index >= 15 is 0 Å². The summed E-state index contributed by atoms with van der Waals surface area (Å²) in [6.45, 7) is 0. The van der Waals surface area contributed by atoms with E-state index in [-0.39, 0.29) is 6.04 Å². The van der Waals surface area contributed by atoms with Crippen LogP contribution in [0.3, 0.4) is 0 Å². The number of hydrogen-bond acceptors (Lipinski definition) is 5. The quantitative estimate of drug-likeness (QED) is 0.795. The Morgan fingerprint density at radius 3 is 3.07 bits per heavy atom. The lowest BCUT2D eigenvalue weighted by Gasteiger charge is -2.10. The summed E-state index contributed by atoms with van der Waals surface area (Å²) in [5.74, 6) is 0.498. The van der Waals surface area contributed by atoms with Crippen LogP contribution in [0, 0.1) is 0 Å². The Balaban J connectivity index is 1.94. The van der Waals surface area contributed by atoms with Crippen LogP contribution in [-0.4, -0.2) is 19.7 Å². The van der Waals surface area contributed by atoms with Gasteiger partial charge >= 0.3 is 0 Å². The van der Waals surface area contributed by atoms with Crippen molar-refractivity contribution in [3.8, 4) is 0 Å². The Hall–Kier alpha value is -1.69. The van der Waals surface area contributed by atoms with Crippen LogP contribution in [-0.2, 0) is 0 Å². The second kappa shape index (κ2) is 3.16. The predicted octanol–water partition coefficient (Wildman–Crippen LogP) is 0.649. The molecule has 6 nitrogen and oxygen atoms in total. The number of hydrogen-bond donors (Lipinski definition) is 1. The molecule has 0 bridgehead atoms. The van der Waals surface area contributed by atoms with E-state index in [4.69, 9.17) is 5.73 Å². The van der Waals surface area contributed by atoms with Crippen LogP contribution in [0.15, 0.2) is 23.4 Å². The van der Waals surface area contributed by atoms with E-state index in [2.05, 4.69) is 24.2 Å². The van der Waals surface area contributed by atoms with Gasteiger partial charge in [-0.05, 0) is 12.8 Å². The van der Waals surface area contributed by atoms with Crippen LogP contribution < -0.4 is 5.73 Å². The van der Waals surface area contributed by atoms with Crippen molar-refractivity contribution in [1.82, 2.24) is 19.7 Å². The molecule has 1 aliphatic carbocycles. The van der Waals surface area contributed by atoms with Crippen LogP contribution in [0.4, 0.5) is 0 Å². The van der Waals surface area contributed by atoms with Crippen molar-refractivity contribution in [2.24, 2.45) is 5.73 Å². The maximum Gasteiger partial charge on any atom is 0.213 e. The summed E-state index contributed by atoms with van der Waals surface area (Å²) in [5, 5.41) is 3.74. The van der Waals surface area contributed by atoms with Crippen molar-refractivity contribution in [3.63, 3.8) is 0 Å². The first-order chi connectivity index (χ1) is 7.36. The van der Waals surface area contributed by atoms with Crippen molar-refractivity contribution in [2.45, 2.75) is 24.9 Å². The lowest BCUT2D eigenvalue weighted by molar-refractivity contribution is 0.406. The molecule has 6 heteroatoms. The highest BCUT2D eigenvalue weighted by Crippen LogP contribution is 2.37. The lowest BCUT2D eigenvalue weighted by Crippen LogP contribution is -2.17. The van der Waals surface area contributed by atoms with Crippen LogP contribution in [0.25, 0.3) is 0 Å². The zero-order chi connectivity index (χ0) is 10.3. The molecule has 1 saturated carbocycles. The Morgan fingerprint density at radius 2 is 2.40 bits per heavy atom. The number of imidazole rings is 1. The van der Waals surface area contributed by atoms with E-state index in [1.54, 1.807) is 6.20 Å². The van der Waals surface area contributed by atoms with Gasteiger partial charge in [0, 0.05) is 6.04 Å². The largest absolute Gasteiger partial charge is 0.343 e. The third kappa shape index (κ3) is 1.42. The summed E-state index contributed by atoms with van der Waals surface area (Å²) in [6.07, 6.45) is 7.25. The van der Waals surface area contributed by atoms with Crippen LogP contribution in [0.1, 0.15) is 36.4 Å². The molecule has 15 heavy (non-hydrogen) atoms. The first-order valence-corrected chi connectivity index (χ1v) is 4.90. The van der Waals surface area contributed by atoms with E-state index in [9.17, 15) is 0 Å². The van der Waals surface area contributed by atoms with Crippen molar-refractivity contribution in [2.75, 3.05) is 0 Å². The molecule has 0 aromatic carbocycles. The molecular formula is C9H11N5O. The Kier molecular flexibility index (Phi) is 1.81. The molecule has 1 aliphatic rings. The van der Waals surface area contributed by atoms with E-state index in [0.717, 1.165) is 5.69 Å². The zero-order valence-corrected chi connectivity index (χ0v) is 8.08. The fourth-order valence-corrected chi connectivity index (χ4v) is 1.66. The number of rotatable bonds is 3. The average molecular weight is 205 g/mol. The monoisotopic (exact) mass is 205 g/mol. The molecule has 2 aromatic heterocycles. The first-order valence-electron chi connectivity index (χ1n) is 4.90. The molecule has 0 aliphatic heterocycles. The molecular weight excluding hydrogens is 194 g/mol. The molecule has 3 rings (SSSR count). The van der Waals surface area contributed by atoms with Gasteiger partial charge < -0.3 is 14.8 Å². The minimum atomic E-state index is -0.355. The third-order valence-corrected chi connectivity index (χ3v) is 2.61. The number of nitrogens with two attached hydrogens (primary N) is 1. The van der Waals surface area contributed by atoms with Gasteiger partial charge in [0.15, 0.2) is 5.82 Å². The van der Waals surface area contributed by atoms with Crippen LogP contribution >= 0.6 is 0 Å². The molecule has 0 radical (unpaired) electrons. The standard InChI is InChI=1S/C9H11N5O/c10-8(9-12-5-15-13-9)7-3-11-4-14(7)6-1-2-6/h3-6,8H,1-2,10H2. The summed E-state index contributed by atoms with van der Waals surface area (Å²) in [7, 11) is 0. The van der Waals surface area contributed by atoms with Crippen molar-refractivity contribution in [1.29, 1.82) is 0 Å². The average Bonchev–Trinajstić information content (AvgIpc) is 2.82.